The standard InChI is InChI=1S/C22H26N2/c1-23(2)11-12-24-13-19-20(14-24)22-16-8-4-3-7-15(16)21(19)17-9-5-6-10-18(17)22/h3-10,19-22H,11-14H2,1-2H3/t19-,20-,21?,22?/m1/s1. The minimum absolute atomic E-state index is 0.608. The lowest BCUT2D eigenvalue weighted by Gasteiger charge is -2.48. The third kappa shape index (κ3) is 2.03. The van der Waals surface area contributed by atoms with Crippen LogP contribution in [-0.2, 0) is 0 Å². The van der Waals surface area contributed by atoms with Crippen LogP contribution in [0.1, 0.15) is 34.1 Å². The van der Waals surface area contributed by atoms with Gasteiger partial charge in [0.1, 0.15) is 0 Å². The Morgan fingerprint density at radius 3 is 1.58 bits per heavy atom. The van der Waals surface area contributed by atoms with Crippen molar-refractivity contribution in [1.82, 2.24) is 9.80 Å². The van der Waals surface area contributed by atoms with Gasteiger partial charge in [0.25, 0.3) is 0 Å². The fourth-order valence-electron chi connectivity index (χ4n) is 5.58. The van der Waals surface area contributed by atoms with Gasteiger partial charge in [0.2, 0.25) is 0 Å². The van der Waals surface area contributed by atoms with Crippen LogP contribution in [-0.4, -0.2) is 50.1 Å². The van der Waals surface area contributed by atoms with E-state index in [9.17, 15) is 0 Å². The highest BCUT2D eigenvalue weighted by atomic mass is 15.2. The number of likely N-dealkylation sites (N-methyl/N-ethyl adjacent to an activating group) is 1. The molecule has 0 saturated carbocycles. The summed E-state index contributed by atoms with van der Waals surface area (Å²) in [4.78, 5) is 5.02. The predicted molar refractivity (Wildman–Crippen MR) is 98.5 cm³/mol. The summed E-state index contributed by atoms with van der Waals surface area (Å²) in [7, 11) is 4.36. The molecule has 0 aromatic heterocycles. The van der Waals surface area contributed by atoms with E-state index in [-0.39, 0.29) is 0 Å². The fraction of sp³-hybridized carbons (Fsp3) is 0.455. The van der Waals surface area contributed by atoms with Gasteiger partial charge in [-0.15, -0.1) is 0 Å². The van der Waals surface area contributed by atoms with Crippen molar-refractivity contribution < 1.29 is 0 Å². The van der Waals surface area contributed by atoms with Crippen LogP contribution >= 0.6 is 0 Å². The maximum Gasteiger partial charge on any atom is 0.0139 e. The zero-order valence-electron chi connectivity index (χ0n) is 14.7. The Morgan fingerprint density at radius 2 is 1.21 bits per heavy atom. The van der Waals surface area contributed by atoms with E-state index in [1.165, 1.54) is 19.6 Å². The number of nitrogens with zero attached hydrogens (tertiary/aromatic N) is 2. The van der Waals surface area contributed by atoms with E-state index in [0.717, 1.165) is 18.4 Å². The van der Waals surface area contributed by atoms with Crippen molar-refractivity contribution in [3.8, 4) is 0 Å². The van der Waals surface area contributed by atoms with Crippen molar-refractivity contribution in [3.05, 3.63) is 70.8 Å². The molecule has 2 atom stereocenters. The molecule has 0 N–H and O–H groups in total. The molecular formula is C22H26N2. The van der Waals surface area contributed by atoms with Crippen LogP contribution in [0.25, 0.3) is 0 Å². The van der Waals surface area contributed by atoms with Gasteiger partial charge in [-0.3, -0.25) is 0 Å². The van der Waals surface area contributed by atoms with E-state index < -0.39 is 0 Å². The number of benzene rings is 2. The first-order chi connectivity index (χ1) is 11.7. The summed E-state index contributed by atoms with van der Waals surface area (Å²) in [5.74, 6) is 2.80. The molecule has 0 spiro atoms. The molecule has 124 valence electrons. The summed E-state index contributed by atoms with van der Waals surface area (Å²) in [5.41, 5.74) is 6.43. The Labute approximate surface area is 145 Å². The van der Waals surface area contributed by atoms with Gasteiger partial charge < -0.3 is 9.80 Å². The van der Waals surface area contributed by atoms with Crippen molar-refractivity contribution in [2.24, 2.45) is 11.8 Å². The summed E-state index contributed by atoms with van der Waals surface area (Å²) in [5, 5.41) is 0. The molecule has 4 aliphatic rings. The molecule has 0 radical (unpaired) electrons. The summed E-state index contributed by atoms with van der Waals surface area (Å²) >= 11 is 0. The second kappa shape index (κ2) is 5.44. The van der Waals surface area contributed by atoms with Crippen LogP contribution in [0.4, 0.5) is 0 Å². The first kappa shape index (κ1) is 14.7. The van der Waals surface area contributed by atoms with Crippen LogP contribution in [0.2, 0.25) is 0 Å². The first-order valence-corrected chi connectivity index (χ1v) is 9.29. The van der Waals surface area contributed by atoms with Crippen LogP contribution in [0, 0.1) is 11.8 Å². The molecule has 2 aromatic carbocycles. The van der Waals surface area contributed by atoms with Gasteiger partial charge in [0.15, 0.2) is 0 Å². The lowest BCUT2D eigenvalue weighted by molar-refractivity contribution is 0.272. The molecule has 1 heterocycles. The normalized spacial score (nSPS) is 30.3. The lowest BCUT2D eigenvalue weighted by Crippen LogP contribution is -2.39. The number of rotatable bonds is 3. The van der Waals surface area contributed by atoms with Crippen molar-refractivity contribution in [3.63, 3.8) is 0 Å². The van der Waals surface area contributed by atoms with Crippen molar-refractivity contribution >= 4 is 0 Å². The van der Waals surface area contributed by atoms with Crippen molar-refractivity contribution in [1.29, 1.82) is 0 Å². The topological polar surface area (TPSA) is 6.48 Å². The largest absolute Gasteiger partial charge is 0.308 e. The van der Waals surface area contributed by atoms with E-state index in [1.54, 1.807) is 22.3 Å². The third-order valence-electron chi connectivity index (χ3n) is 6.54. The van der Waals surface area contributed by atoms with Gasteiger partial charge in [-0.1, -0.05) is 48.5 Å². The number of likely N-dealkylation sites (tertiary alicyclic amines) is 1. The highest BCUT2D eigenvalue weighted by Gasteiger charge is 2.52. The van der Waals surface area contributed by atoms with Crippen LogP contribution in [0.15, 0.2) is 48.5 Å². The van der Waals surface area contributed by atoms with Gasteiger partial charge >= 0.3 is 0 Å². The van der Waals surface area contributed by atoms with E-state index in [2.05, 4.69) is 72.4 Å². The van der Waals surface area contributed by atoms with Gasteiger partial charge in [0.05, 0.1) is 0 Å². The van der Waals surface area contributed by atoms with E-state index in [1.807, 2.05) is 0 Å². The zero-order chi connectivity index (χ0) is 16.3. The van der Waals surface area contributed by atoms with Crippen molar-refractivity contribution in [2.75, 3.05) is 40.3 Å². The molecule has 1 saturated heterocycles. The highest BCUT2D eigenvalue weighted by molar-refractivity contribution is 5.57. The van der Waals surface area contributed by atoms with Gasteiger partial charge in [-0.2, -0.15) is 0 Å². The Hall–Kier alpha value is -1.64. The summed E-state index contributed by atoms with van der Waals surface area (Å²) in [6, 6.07) is 18.5. The molecule has 3 aliphatic carbocycles. The Balaban J connectivity index is 1.56. The Bertz CT molecular complexity index is 661. The average molecular weight is 318 g/mol. The molecule has 2 bridgehead atoms. The Morgan fingerprint density at radius 1 is 0.792 bits per heavy atom. The van der Waals surface area contributed by atoms with Crippen LogP contribution < -0.4 is 0 Å². The molecule has 24 heavy (non-hydrogen) atoms. The molecule has 2 nitrogen and oxygen atoms in total. The van der Waals surface area contributed by atoms with E-state index in [4.69, 9.17) is 0 Å². The van der Waals surface area contributed by atoms with E-state index >= 15 is 0 Å². The van der Waals surface area contributed by atoms with Crippen molar-refractivity contribution in [2.45, 2.75) is 11.8 Å². The maximum atomic E-state index is 2.72. The average Bonchev–Trinajstić information content (AvgIpc) is 3.04. The quantitative estimate of drug-likeness (QED) is 0.856. The number of hydrogen-bond acceptors (Lipinski definition) is 2. The second-order valence-corrected chi connectivity index (χ2v) is 8.10. The zero-order valence-corrected chi connectivity index (χ0v) is 14.7. The Kier molecular flexibility index (Phi) is 3.33. The lowest BCUT2D eigenvalue weighted by atomic mass is 9.55. The molecular weight excluding hydrogens is 292 g/mol. The maximum absolute atomic E-state index is 2.72. The molecule has 2 heteroatoms. The van der Waals surface area contributed by atoms with Crippen LogP contribution in [0.3, 0.4) is 0 Å². The van der Waals surface area contributed by atoms with Gasteiger partial charge in [0, 0.05) is 38.0 Å². The smallest absolute Gasteiger partial charge is 0.0139 e. The molecule has 0 unspecified atom stereocenters. The summed E-state index contributed by atoms with van der Waals surface area (Å²) in [6.07, 6.45) is 0. The SMILES string of the molecule is CN(C)CCN1C[C@H]2C3c4ccccc4C(c4ccccc43)[C@@H]2C1. The molecule has 1 aliphatic heterocycles. The summed E-state index contributed by atoms with van der Waals surface area (Å²) in [6.45, 7) is 4.89. The molecule has 0 amide bonds. The molecule has 1 fully saturated rings. The highest BCUT2D eigenvalue weighted by Crippen LogP contribution is 2.60. The molecule has 6 rings (SSSR count). The molecule has 2 aromatic rings. The predicted octanol–water partition coefficient (Wildman–Crippen LogP) is 3.39. The monoisotopic (exact) mass is 318 g/mol. The fourth-order valence-corrected chi connectivity index (χ4v) is 5.58. The van der Waals surface area contributed by atoms with E-state index in [0.29, 0.717) is 11.8 Å². The second-order valence-electron chi connectivity index (χ2n) is 8.10. The van der Waals surface area contributed by atoms with Gasteiger partial charge in [-0.25, -0.2) is 0 Å². The summed E-state index contributed by atoms with van der Waals surface area (Å²) < 4.78 is 0. The number of hydrogen-bond donors (Lipinski definition) is 0. The van der Waals surface area contributed by atoms with Gasteiger partial charge in [-0.05, 0) is 48.2 Å². The third-order valence-corrected chi connectivity index (χ3v) is 6.54. The minimum atomic E-state index is 0.608. The first-order valence-electron chi connectivity index (χ1n) is 9.29. The minimum Gasteiger partial charge on any atom is -0.308 e. The van der Waals surface area contributed by atoms with Crippen LogP contribution in [0.5, 0.6) is 0 Å².